The molecule has 1 aliphatic rings. The van der Waals surface area contributed by atoms with E-state index in [1.165, 1.54) is 97.1 Å². The van der Waals surface area contributed by atoms with Gasteiger partial charge in [-0.2, -0.15) is 27.1 Å². The van der Waals surface area contributed by atoms with Crippen molar-refractivity contribution in [2.75, 3.05) is 11.5 Å². The number of nitrogen functional groups attached to an aromatic ring is 2. The molecular formula is C46H28N12O14S2. The van der Waals surface area contributed by atoms with Gasteiger partial charge >= 0.3 is 0 Å². The number of hydrogen-bond donors (Lipinski definition) is 6. The molecule has 368 valence electrons. The SMILES string of the molecule is Nc1ccc(N=Nc2ccc(S(=O)(=O)O)cc2[N+](=O)[O-])c2ccc(N=Nc3ccc4c(c3)C(=O)c3ccc(N=Nc5c(S(=O)(=O)O)cc6c(N=Nc7ccccc7[N+](=O)[O-])ccc(N)c6c5O)cc3C4=O)c(O)c12. The number of carbonyl (C=O) groups excluding carboxylic acids is 2. The zero-order valence-corrected chi connectivity index (χ0v) is 38.5. The number of ketones is 2. The third kappa shape index (κ3) is 9.07. The molecule has 9 rings (SSSR count). The van der Waals surface area contributed by atoms with Crippen LogP contribution in [0.15, 0.2) is 172 Å². The monoisotopic (exact) mass is 1040 g/mol. The highest BCUT2D eigenvalue weighted by Gasteiger charge is 2.31. The molecule has 0 amide bonds. The molecule has 0 unspecified atom stereocenters. The van der Waals surface area contributed by atoms with Crippen molar-refractivity contribution in [2.24, 2.45) is 40.9 Å². The summed E-state index contributed by atoms with van der Waals surface area (Å²) in [7, 11) is -9.93. The summed E-state index contributed by atoms with van der Waals surface area (Å²) in [5.41, 5.74) is 9.52. The number of phenolic OH excluding ortho intramolecular Hbond substituents is 2. The minimum atomic E-state index is -5.17. The quantitative estimate of drug-likeness (QED) is 0.0218. The lowest BCUT2D eigenvalue weighted by atomic mass is 9.83. The Morgan fingerprint density at radius 2 is 0.946 bits per heavy atom. The number of nitro benzene ring substituents is 2. The minimum absolute atomic E-state index is 0.0376. The van der Waals surface area contributed by atoms with Gasteiger partial charge in [0.25, 0.3) is 31.6 Å². The lowest BCUT2D eigenvalue weighted by Crippen LogP contribution is -2.20. The third-order valence-electron chi connectivity index (χ3n) is 11.2. The average molecular weight is 1040 g/mol. The maximum absolute atomic E-state index is 13.9. The molecule has 0 radical (unpaired) electrons. The van der Waals surface area contributed by atoms with Crippen LogP contribution in [0.4, 0.5) is 68.2 Å². The summed E-state index contributed by atoms with van der Waals surface area (Å²) in [5, 5.41) is 77.8. The minimum Gasteiger partial charge on any atom is -0.505 e. The highest BCUT2D eigenvalue weighted by atomic mass is 32.2. The van der Waals surface area contributed by atoms with Gasteiger partial charge in [-0.05, 0) is 97.1 Å². The van der Waals surface area contributed by atoms with Crippen molar-refractivity contribution in [1.29, 1.82) is 0 Å². The number of hydrogen-bond acceptors (Lipinski definition) is 22. The van der Waals surface area contributed by atoms with Crippen molar-refractivity contribution in [3.8, 4) is 11.5 Å². The summed E-state index contributed by atoms with van der Waals surface area (Å²) in [6, 6.07) is 24.7. The maximum Gasteiger partial charge on any atom is 0.298 e. The van der Waals surface area contributed by atoms with Gasteiger partial charge in [0.2, 0.25) is 0 Å². The normalized spacial score (nSPS) is 12.9. The van der Waals surface area contributed by atoms with Crippen molar-refractivity contribution in [2.45, 2.75) is 9.79 Å². The van der Waals surface area contributed by atoms with Crippen molar-refractivity contribution < 1.29 is 55.6 Å². The summed E-state index contributed by atoms with van der Waals surface area (Å²) in [5.74, 6) is -2.55. The molecule has 0 fully saturated rings. The Morgan fingerprint density at radius 3 is 1.51 bits per heavy atom. The number of phenols is 2. The van der Waals surface area contributed by atoms with E-state index in [1.54, 1.807) is 0 Å². The van der Waals surface area contributed by atoms with Crippen LogP contribution in [-0.4, -0.2) is 57.6 Å². The molecule has 0 saturated heterocycles. The molecule has 8 aromatic carbocycles. The standard InChI is InChI=1S/C46H28N12O14S2/c47-30-11-15-32(51-54-35-13-7-23(73(67,68)69)19-38(35)58(65)66)26-10-14-36(45(61)40(26)30)55-49-21-5-8-24-27(17-21)43(59)25-9-6-22(18-28(25)44(24)60)50-56-42-39(74(70,71)72)20-29-33(16-12-31(48)41(29)46(42)62)52-53-34-3-1-2-4-37(34)57(63)64/h1-20,61-62H,47-48H2,(H,67,68,69)(H,70,71,72). The van der Waals surface area contributed by atoms with Crippen LogP contribution in [0.5, 0.6) is 11.5 Å². The zero-order chi connectivity index (χ0) is 53.0. The lowest BCUT2D eigenvalue weighted by Gasteiger charge is -2.17. The van der Waals surface area contributed by atoms with Gasteiger partial charge in [-0.3, -0.25) is 38.9 Å². The summed E-state index contributed by atoms with van der Waals surface area (Å²) < 4.78 is 68.0. The van der Waals surface area contributed by atoms with Gasteiger partial charge in [0.1, 0.15) is 21.2 Å². The molecule has 0 atom stereocenters. The molecule has 8 N–H and O–H groups in total. The fourth-order valence-corrected chi connectivity index (χ4v) is 8.88. The number of nitrogens with zero attached hydrogens (tertiary/aromatic N) is 10. The first kappa shape index (κ1) is 48.8. The molecule has 28 heteroatoms. The van der Waals surface area contributed by atoms with Gasteiger partial charge < -0.3 is 21.7 Å². The first-order valence-corrected chi connectivity index (χ1v) is 23.6. The molecule has 0 aromatic heterocycles. The second-order valence-corrected chi connectivity index (χ2v) is 18.5. The van der Waals surface area contributed by atoms with Crippen LogP contribution in [0.3, 0.4) is 0 Å². The smallest absolute Gasteiger partial charge is 0.298 e. The van der Waals surface area contributed by atoms with Crippen LogP contribution in [0.25, 0.3) is 21.5 Å². The summed E-state index contributed by atoms with van der Waals surface area (Å²) in [6.45, 7) is 0. The molecule has 0 bridgehead atoms. The number of nitrogens with two attached hydrogens (primary N) is 2. The zero-order valence-electron chi connectivity index (χ0n) is 36.9. The first-order chi connectivity index (χ1) is 35.1. The van der Waals surface area contributed by atoms with E-state index in [9.17, 15) is 66.0 Å². The Balaban J connectivity index is 0.983. The molecule has 74 heavy (non-hydrogen) atoms. The van der Waals surface area contributed by atoms with Crippen molar-refractivity contribution in [1.82, 2.24) is 0 Å². The number of anilines is 2. The molecule has 0 aliphatic heterocycles. The number of nitro groups is 2. The summed E-state index contributed by atoms with van der Waals surface area (Å²) in [6.07, 6.45) is 0. The largest absolute Gasteiger partial charge is 0.505 e. The maximum atomic E-state index is 13.9. The number of carbonyl (C=O) groups is 2. The lowest BCUT2D eigenvalue weighted by molar-refractivity contribution is -0.384. The van der Waals surface area contributed by atoms with Crippen molar-refractivity contribution >= 4 is 122 Å². The molecule has 0 spiro atoms. The fraction of sp³-hybridized carbons (Fsp3) is 0. The van der Waals surface area contributed by atoms with Crippen LogP contribution < -0.4 is 11.5 Å². The highest BCUT2D eigenvalue weighted by molar-refractivity contribution is 7.86. The van der Waals surface area contributed by atoms with Gasteiger partial charge in [0, 0.05) is 56.5 Å². The number of benzene rings is 8. The van der Waals surface area contributed by atoms with Crippen molar-refractivity contribution in [3.63, 3.8) is 0 Å². The number of aromatic hydroxyl groups is 2. The van der Waals surface area contributed by atoms with Crippen LogP contribution in [-0.2, 0) is 20.2 Å². The van der Waals surface area contributed by atoms with Crippen LogP contribution >= 0.6 is 0 Å². The Kier molecular flexibility index (Phi) is 12.2. The second kappa shape index (κ2) is 18.5. The average Bonchev–Trinajstić information content (AvgIpc) is 3.37. The Bertz CT molecular complexity index is 4200. The van der Waals surface area contributed by atoms with E-state index in [0.717, 1.165) is 18.2 Å². The van der Waals surface area contributed by atoms with Crippen LogP contribution in [0.2, 0.25) is 0 Å². The topological polar surface area (TPSA) is 421 Å². The van der Waals surface area contributed by atoms with Crippen LogP contribution in [0.1, 0.15) is 31.8 Å². The molecule has 8 aromatic rings. The molecule has 0 saturated carbocycles. The van der Waals surface area contributed by atoms with E-state index in [1.807, 2.05) is 0 Å². The molecule has 0 heterocycles. The Morgan fingerprint density at radius 1 is 0.459 bits per heavy atom. The van der Waals surface area contributed by atoms with Gasteiger partial charge in [0.05, 0.1) is 43.4 Å². The van der Waals surface area contributed by atoms with Crippen molar-refractivity contribution in [3.05, 3.63) is 164 Å². The number of rotatable bonds is 12. The van der Waals surface area contributed by atoms with Gasteiger partial charge in [-0.15, -0.1) is 30.7 Å². The van der Waals surface area contributed by atoms with Gasteiger partial charge in [-0.25, -0.2) is 0 Å². The molecule has 26 nitrogen and oxygen atoms in total. The Hall–Kier alpha value is -10.2. The molecule has 1 aliphatic carbocycles. The third-order valence-corrected chi connectivity index (χ3v) is 12.9. The van der Waals surface area contributed by atoms with Gasteiger partial charge in [-0.1, -0.05) is 12.1 Å². The number of para-hydroxylation sites is 1. The summed E-state index contributed by atoms with van der Waals surface area (Å²) >= 11 is 0. The predicted octanol–water partition coefficient (Wildman–Crippen LogP) is 11.3. The second-order valence-electron chi connectivity index (χ2n) is 15.7. The number of azo groups is 4. The first-order valence-electron chi connectivity index (χ1n) is 20.7. The van der Waals surface area contributed by atoms with E-state index < -0.39 is 74.3 Å². The van der Waals surface area contributed by atoms with Crippen LogP contribution in [0, 0.1) is 20.2 Å². The van der Waals surface area contributed by atoms with E-state index in [0.29, 0.717) is 6.07 Å². The van der Waals surface area contributed by atoms with E-state index >= 15 is 0 Å². The number of fused-ring (bicyclic) bond motifs is 4. The Labute approximate surface area is 413 Å². The van der Waals surface area contributed by atoms with Gasteiger partial charge in [0.15, 0.2) is 34.4 Å². The molecular weight excluding hydrogens is 1010 g/mol. The fourth-order valence-electron chi connectivity index (χ4n) is 7.73. The van der Waals surface area contributed by atoms with E-state index in [-0.39, 0.29) is 101 Å². The highest BCUT2D eigenvalue weighted by Crippen LogP contribution is 2.48. The summed E-state index contributed by atoms with van der Waals surface area (Å²) in [4.78, 5) is 47.6. The van der Waals surface area contributed by atoms with E-state index in [4.69, 9.17) is 11.5 Å². The predicted molar refractivity (Wildman–Crippen MR) is 262 cm³/mol. The van der Waals surface area contributed by atoms with E-state index in [2.05, 4.69) is 40.9 Å².